The third-order valence-corrected chi connectivity index (χ3v) is 3.07. The molecule has 1 aromatic carbocycles. The Hall–Kier alpha value is -0.320. The molecule has 0 amide bonds. The lowest BCUT2D eigenvalue weighted by Gasteiger charge is -2.26. The van der Waals surface area contributed by atoms with E-state index in [9.17, 15) is 9.50 Å². The smallest absolute Gasteiger partial charge is 0.166 e. The molecule has 1 N–H and O–H groups in total. The van der Waals surface area contributed by atoms with Crippen LogP contribution in [0.5, 0.6) is 5.75 Å². The first kappa shape index (κ1) is 10.2. The molecule has 0 spiro atoms. The molecule has 1 aliphatic rings. The van der Waals surface area contributed by atoms with Crippen molar-refractivity contribution in [1.29, 1.82) is 0 Å². The first-order valence-corrected chi connectivity index (χ1v) is 5.33. The number of aliphatic hydroxyl groups excluding tert-OH is 1. The van der Waals surface area contributed by atoms with Gasteiger partial charge in [-0.3, -0.25) is 0 Å². The van der Waals surface area contributed by atoms with Crippen molar-refractivity contribution in [2.45, 2.75) is 10.9 Å². The highest BCUT2D eigenvalue weighted by Crippen LogP contribution is 2.38. The van der Waals surface area contributed by atoms with E-state index >= 15 is 0 Å². The fourth-order valence-electron chi connectivity index (χ4n) is 1.40. The molecule has 0 saturated heterocycles. The Balaban J connectivity index is 2.54. The number of alkyl halides is 1. The van der Waals surface area contributed by atoms with Gasteiger partial charge in [0.25, 0.3) is 0 Å². The second-order valence-corrected chi connectivity index (χ2v) is 4.69. The summed E-state index contributed by atoms with van der Waals surface area (Å²) in [5.41, 5.74) is 0.392. The topological polar surface area (TPSA) is 29.5 Å². The van der Waals surface area contributed by atoms with E-state index in [1.54, 1.807) is 0 Å². The number of halogens is 3. The van der Waals surface area contributed by atoms with Crippen LogP contribution < -0.4 is 4.74 Å². The molecule has 2 unspecified atom stereocenters. The zero-order chi connectivity index (χ0) is 10.3. The van der Waals surface area contributed by atoms with E-state index < -0.39 is 11.9 Å². The number of fused-ring (bicyclic) bond motifs is 1. The summed E-state index contributed by atoms with van der Waals surface area (Å²) in [6.07, 6.45) is -0.785. The van der Waals surface area contributed by atoms with Gasteiger partial charge in [0, 0.05) is 10.6 Å². The predicted octanol–water partition coefficient (Wildman–Crippen LogP) is 2.67. The summed E-state index contributed by atoms with van der Waals surface area (Å²) < 4.78 is 18.4. The average molecular weight is 282 g/mol. The quantitative estimate of drug-likeness (QED) is 0.741. The van der Waals surface area contributed by atoms with Gasteiger partial charge in [0.05, 0.1) is 10.9 Å². The fraction of sp³-hybridized carbons (Fsp3) is 0.333. The summed E-state index contributed by atoms with van der Waals surface area (Å²) in [6, 6.07) is 2.68. The Morgan fingerprint density at radius 2 is 2.29 bits per heavy atom. The van der Waals surface area contributed by atoms with E-state index in [1.807, 2.05) is 0 Å². The first-order chi connectivity index (χ1) is 6.59. The van der Waals surface area contributed by atoms with Crippen molar-refractivity contribution >= 4 is 27.5 Å². The molecule has 2 atom stereocenters. The van der Waals surface area contributed by atoms with Crippen molar-refractivity contribution in [3.63, 3.8) is 0 Å². The molecule has 0 bridgehead atoms. The third kappa shape index (κ3) is 1.62. The fourth-order valence-corrected chi connectivity index (χ4v) is 2.03. The normalized spacial score (nSPS) is 25.4. The van der Waals surface area contributed by atoms with Crippen LogP contribution in [0, 0.1) is 5.82 Å². The number of rotatable bonds is 0. The van der Waals surface area contributed by atoms with Crippen LogP contribution in [0.15, 0.2) is 12.1 Å². The molecule has 0 aliphatic carbocycles. The number of benzene rings is 1. The van der Waals surface area contributed by atoms with E-state index in [2.05, 4.69) is 15.9 Å². The van der Waals surface area contributed by atoms with Gasteiger partial charge < -0.3 is 9.84 Å². The lowest BCUT2D eigenvalue weighted by atomic mass is 10.0. The monoisotopic (exact) mass is 280 g/mol. The van der Waals surface area contributed by atoms with Gasteiger partial charge in [-0.2, -0.15) is 0 Å². The van der Waals surface area contributed by atoms with Crippen LogP contribution in [0.2, 0.25) is 5.02 Å². The third-order valence-electron chi connectivity index (χ3n) is 2.09. The van der Waals surface area contributed by atoms with Gasteiger partial charge in [-0.25, -0.2) is 4.39 Å². The Kier molecular flexibility index (Phi) is 2.68. The maximum atomic E-state index is 13.3. The van der Waals surface area contributed by atoms with Crippen molar-refractivity contribution in [2.75, 3.05) is 6.61 Å². The molecule has 1 aliphatic heterocycles. The minimum Gasteiger partial charge on any atom is -0.489 e. The van der Waals surface area contributed by atoms with Crippen LogP contribution in [0.3, 0.4) is 0 Å². The molecule has 2 rings (SSSR count). The van der Waals surface area contributed by atoms with Crippen LogP contribution >= 0.6 is 27.5 Å². The molecule has 0 radical (unpaired) electrons. The Morgan fingerprint density at radius 1 is 1.57 bits per heavy atom. The molecule has 2 nitrogen and oxygen atoms in total. The van der Waals surface area contributed by atoms with Gasteiger partial charge in [0.15, 0.2) is 11.6 Å². The Bertz CT molecular complexity index is 372. The number of hydrogen-bond donors (Lipinski definition) is 1. The van der Waals surface area contributed by atoms with Crippen molar-refractivity contribution < 1.29 is 14.2 Å². The lowest BCUT2D eigenvalue weighted by Crippen LogP contribution is -2.26. The lowest BCUT2D eigenvalue weighted by molar-refractivity contribution is 0.122. The molecular formula is C9H7BrClFO2. The van der Waals surface area contributed by atoms with Crippen molar-refractivity contribution in [1.82, 2.24) is 0 Å². The minimum atomic E-state index is -0.785. The summed E-state index contributed by atoms with van der Waals surface area (Å²) in [6.45, 7) is 0.243. The van der Waals surface area contributed by atoms with Crippen LogP contribution in [-0.4, -0.2) is 16.5 Å². The summed E-state index contributed by atoms with van der Waals surface area (Å²) in [7, 11) is 0. The van der Waals surface area contributed by atoms with Crippen molar-refractivity contribution in [3.05, 3.63) is 28.5 Å². The predicted molar refractivity (Wildman–Crippen MR) is 54.6 cm³/mol. The van der Waals surface area contributed by atoms with Crippen molar-refractivity contribution in [2.24, 2.45) is 0 Å². The Labute approximate surface area is 93.8 Å². The minimum absolute atomic E-state index is 0.0950. The van der Waals surface area contributed by atoms with E-state index in [-0.39, 0.29) is 22.2 Å². The van der Waals surface area contributed by atoms with Gasteiger partial charge in [0.2, 0.25) is 0 Å². The van der Waals surface area contributed by atoms with E-state index in [1.165, 1.54) is 12.1 Å². The summed E-state index contributed by atoms with van der Waals surface area (Å²) in [5.74, 6) is -0.441. The SMILES string of the molecule is OC1c2cc(Cl)cc(F)c2OCC1Br. The summed E-state index contributed by atoms with van der Waals surface area (Å²) >= 11 is 8.91. The number of hydrogen-bond acceptors (Lipinski definition) is 2. The average Bonchev–Trinajstić information content (AvgIpc) is 2.12. The number of ether oxygens (including phenoxy) is 1. The maximum absolute atomic E-state index is 13.3. The highest BCUT2D eigenvalue weighted by Gasteiger charge is 2.29. The van der Waals surface area contributed by atoms with Gasteiger partial charge in [-0.15, -0.1) is 0 Å². The highest BCUT2D eigenvalue weighted by molar-refractivity contribution is 9.09. The molecule has 0 aromatic heterocycles. The van der Waals surface area contributed by atoms with Crippen LogP contribution in [0.1, 0.15) is 11.7 Å². The number of aliphatic hydroxyl groups is 1. The van der Waals surface area contributed by atoms with Gasteiger partial charge in [-0.1, -0.05) is 27.5 Å². The van der Waals surface area contributed by atoms with E-state index in [4.69, 9.17) is 16.3 Å². The molecule has 5 heteroatoms. The molecule has 1 heterocycles. The maximum Gasteiger partial charge on any atom is 0.166 e. The Morgan fingerprint density at radius 3 is 3.00 bits per heavy atom. The summed E-state index contributed by atoms with van der Waals surface area (Å²) in [4.78, 5) is -0.229. The first-order valence-electron chi connectivity index (χ1n) is 4.03. The van der Waals surface area contributed by atoms with Crippen LogP contribution in [-0.2, 0) is 0 Å². The zero-order valence-electron chi connectivity index (χ0n) is 7.01. The standard InChI is InChI=1S/C9H7BrClFO2/c10-6-3-14-9-5(8(6)13)1-4(11)2-7(9)12/h1-2,6,8,13H,3H2. The largest absolute Gasteiger partial charge is 0.489 e. The summed E-state index contributed by atoms with van der Waals surface area (Å²) in [5, 5.41) is 9.98. The zero-order valence-corrected chi connectivity index (χ0v) is 9.35. The molecule has 0 fully saturated rings. The molecule has 76 valence electrons. The van der Waals surface area contributed by atoms with Crippen LogP contribution in [0.4, 0.5) is 4.39 Å². The second-order valence-electron chi connectivity index (χ2n) is 3.08. The van der Waals surface area contributed by atoms with E-state index in [0.29, 0.717) is 5.56 Å². The van der Waals surface area contributed by atoms with E-state index in [0.717, 1.165) is 0 Å². The molecule has 14 heavy (non-hydrogen) atoms. The van der Waals surface area contributed by atoms with Crippen molar-refractivity contribution in [3.8, 4) is 5.75 Å². The molecular weight excluding hydrogens is 274 g/mol. The molecule has 1 aromatic rings. The highest BCUT2D eigenvalue weighted by atomic mass is 79.9. The molecule has 0 saturated carbocycles. The van der Waals surface area contributed by atoms with Gasteiger partial charge >= 0.3 is 0 Å². The second kappa shape index (κ2) is 3.68. The van der Waals surface area contributed by atoms with Gasteiger partial charge in [-0.05, 0) is 12.1 Å². The van der Waals surface area contributed by atoms with Crippen LogP contribution in [0.25, 0.3) is 0 Å². The van der Waals surface area contributed by atoms with Gasteiger partial charge in [0.1, 0.15) is 6.61 Å².